The number of ether oxygens (including phenoxy) is 2. The number of morpholine rings is 1. The standard InChI is InChI=1S/C15H22N2O3S/c1-19-13-4-10-21-14(13)15(18)17-5-2-3-12(17)11-16-6-8-20-9-7-16/h4,10,12H,2-3,5-9,11H2,1H3/t12-/m0/s1. The second-order valence-corrected chi connectivity index (χ2v) is 6.44. The maximum absolute atomic E-state index is 12.8. The lowest BCUT2D eigenvalue weighted by molar-refractivity contribution is 0.0261. The van der Waals surface area contributed by atoms with Gasteiger partial charge in [0, 0.05) is 32.2 Å². The molecule has 0 unspecified atom stereocenters. The Balaban J connectivity index is 1.67. The minimum absolute atomic E-state index is 0.123. The van der Waals surface area contributed by atoms with Gasteiger partial charge in [0.15, 0.2) is 0 Å². The Bertz CT molecular complexity index is 485. The molecule has 2 aliphatic heterocycles. The van der Waals surface area contributed by atoms with Crippen molar-refractivity contribution in [3.8, 4) is 5.75 Å². The van der Waals surface area contributed by atoms with Gasteiger partial charge in [-0.3, -0.25) is 9.69 Å². The zero-order chi connectivity index (χ0) is 14.7. The van der Waals surface area contributed by atoms with Gasteiger partial charge in [-0.05, 0) is 24.3 Å². The van der Waals surface area contributed by atoms with E-state index in [2.05, 4.69) is 4.90 Å². The molecule has 1 amide bonds. The first kappa shape index (κ1) is 14.8. The molecule has 0 N–H and O–H groups in total. The third-order valence-corrected chi connectivity index (χ3v) is 5.14. The zero-order valence-corrected chi connectivity index (χ0v) is 13.2. The molecule has 2 fully saturated rings. The average molecular weight is 310 g/mol. The topological polar surface area (TPSA) is 42.0 Å². The molecule has 0 bridgehead atoms. The molecule has 0 aromatic carbocycles. The van der Waals surface area contributed by atoms with Crippen molar-refractivity contribution in [2.75, 3.05) is 46.5 Å². The summed E-state index contributed by atoms with van der Waals surface area (Å²) in [6.07, 6.45) is 2.19. The van der Waals surface area contributed by atoms with Gasteiger partial charge in [-0.1, -0.05) is 0 Å². The summed E-state index contributed by atoms with van der Waals surface area (Å²) in [5, 5.41) is 1.92. The largest absolute Gasteiger partial charge is 0.495 e. The number of methoxy groups -OCH3 is 1. The first-order valence-electron chi connectivity index (χ1n) is 7.52. The molecule has 6 heteroatoms. The van der Waals surface area contributed by atoms with Crippen LogP contribution in [0.5, 0.6) is 5.75 Å². The lowest BCUT2D eigenvalue weighted by Gasteiger charge is -2.32. The molecular formula is C15H22N2O3S. The second kappa shape index (κ2) is 6.77. The van der Waals surface area contributed by atoms with E-state index in [0.29, 0.717) is 11.8 Å². The van der Waals surface area contributed by atoms with Crippen molar-refractivity contribution in [1.82, 2.24) is 9.80 Å². The second-order valence-electron chi connectivity index (χ2n) is 5.53. The van der Waals surface area contributed by atoms with Crippen molar-refractivity contribution in [1.29, 1.82) is 0 Å². The lowest BCUT2D eigenvalue weighted by atomic mass is 10.2. The molecule has 5 nitrogen and oxygen atoms in total. The van der Waals surface area contributed by atoms with Gasteiger partial charge in [0.25, 0.3) is 5.91 Å². The Hall–Kier alpha value is -1.11. The van der Waals surface area contributed by atoms with Crippen LogP contribution in [0.1, 0.15) is 22.5 Å². The number of amides is 1. The average Bonchev–Trinajstić information content (AvgIpc) is 3.16. The highest BCUT2D eigenvalue weighted by molar-refractivity contribution is 7.12. The first-order chi connectivity index (χ1) is 10.3. The van der Waals surface area contributed by atoms with Gasteiger partial charge in [-0.2, -0.15) is 0 Å². The summed E-state index contributed by atoms with van der Waals surface area (Å²) in [5.74, 6) is 0.819. The summed E-state index contributed by atoms with van der Waals surface area (Å²) < 4.78 is 10.7. The highest BCUT2D eigenvalue weighted by Gasteiger charge is 2.32. The number of carbonyl (C=O) groups excluding carboxylic acids is 1. The van der Waals surface area contributed by atoms with Crippen LogP contribution in [-0.4, -0.2) is 68.3 Å². The fourth-order valence-electron chi connectivity index (χ4n) is 3.12. The maximum Gasteiger partial charge on any atom is 0.268 e. The van der Waals surface area contributed by atoms with Gasteiger partial charge >= 0.3 is 0 Å². The van der Waals surface area contributed by atoms with E-state index in [4.69, 9.17) is 9.47 Å². The van der Waals surface area contributed by atoms with Crippen molar-refractivity contribution in [2.45, 2.75) is 18.9 Å². The molecule has 1 atom stereocenters. The number of nitrogens with zero attached hydrogens (tertiary/aromatic N) is 2. The van der Waals surface area contributed by atoms with E-state index in [1.165, 1.54) is 11.3 Å². The van der Waals surface area contributed by atoms with Crippen LogP contribution in [0.4, 0.5) is 0 Å². The van der Waals surface area contributed by atoms with Crippen molar-refractivity contribution >= 4 is 17.2 Å². The number of carbonyl (C=O) groups is 1. The molecule has 0 spiro atoms. The van der Waals surface area contributed by atoms with Crippen LogP contribution in [0.25, 0.3) is 0 Å². The van der Waals surface area contributed by atoms with Crippen LogP contribution >= 0.6 is 11.3 Å². The van der Waals surface area contributed by atoms with E-state index in [9.17, 15) is 4.79 Å². The van der Waals surface area contributed by atoms with E-state index in [-0.39, 0.29) is 5.91 Å². The summed E-state index contributed by atoms with van der Waals surface area (Å²) in [4.78, 5) is 17.9. The molecule has 21 heavy (non-hydrogen) atoms. The van der Waals surface area contributed by atoms with Crippen LogP contribution in [0.2, 0.25) is 0 Å². The maximum atomic E-state index is 12.8. The van der Waals surface area contributed by atoms with E-state index >= 15 is 0 Å². The highest BCUT2D eigenvalue weighted by atomic mass is 32.1. The predicted molar refractivity (Wildman–Crippen MR) is 82.2 cm³/mol. The molecule has 3 heterocycles. The predicted octanol–water partition coefficient (Wildman–Crippen LogP) is 1.69. The Labute approximate surface area is 129 Å². The van der Waals surface area contributed by atoms with E-state index in [0.717, 1.165) is 57.1 Å². The highest BCUT2D eigenvalue weighted by Crippen LogP contribution is 2.29. The molecule has 0 radical (unpaired) electrons. The fraction of sp³-hybridized carbons (Fsp3) is 0.667. The molecule has 116 valence electrons. The summed E-state index contributed by atoms with van der Waals surface area (Å²) >= 11 is 1.47. The summed E-state index contributed by atoms with van der Waals surface area (Å²) in [6.45, 7) is 5.37. The number of likely N-dealkylation sites (tertiary alicyclic amines) is 1. The van der Waals surface area contributed by atoms with E-state index < -0.39 is 0 Å². The third kappa shape index (κ3) is 3.22. The van der Waals surface area contributed by atoms with Crippen molar-refractivity contribution < 1.29 is 14.3 Å². The number of hydrogen-bond acceptors (Lipinski definition) is 5. The molecule has 2 aliphatic rings. The Kier molecular flexibility index (Phi) is 4.77. The van der Waals surface area contributed by atoms with Crippen LogP contribution in [-0.2, 0) is 4.74 Å². The Morgan fingerprint density at radius 1 is 1.43 bits per heavy atom. The summed E-state index contributed by atoms with van der Waals surface area (Å²) in [7, 11) is 1.62. The molecule has 0 saturated carbocycles. The van der Waals surface area contributed by atoms with Gasteiger partial charge in [-0.15, -0.1) is 11.3 Å². The number of hydrogen-bond donors (Lipinski definition) is 0. The molecule has 2 saturated heterocycles. The van der Waals surface area contributed by atoms with Crippen LogP contribution in [0.3, 0.4) is 0 Å². The van der Waals surface area contributed by atoms with E-state index in [1.54, 1.807) is 7.11 Å². The van der Waals surface area contributed by atoms with Gasteiger partial charge in [0.2, 0.25) is 0 Å². The van der Waals surface area contributed by atoms with Crippen LogP contribution in [0.15, 0.2) is 11.4 Å². The molecule has 1 aromatic heterocycles. The van der Waals surface area contributed by atoms with Gasteiger partial charge in [0.1, 0.15) is 10.6 Å². The molecule has 1 aromatic rings. The monoisotopic (exact) mass is 310 g/mol. The van der Waals surface area contributed by atoms with Crippen molar-refractivity contribution in [2.24, 2.45) is 0 Å². The van der Waals surface area contributed by atoms with Crippen LogP contribution in [0, 0.1) is 0 Å². The smallest absolute Gasteiger partial charge is 0.268 e. The van der Waals surface area contributed by atoms with Gasteiger partial charge in [-0.25, -0.2) is 0 Å². The van der Waals surface area contributed by atoms with Gasteiger partial charge < -0.3 is 14.4 Å². The number of rotatable bonds is 4. The van der Waals surface area contributed by atoms with Gasteiger partial charge in [0.05, 0.1) is 20.3 Å². The minimum atomic E-state index is 0.123. The fourth-order valence-corrected chi connectivity index (χ4v) is 3.93. The molecule has 0 aliphatic carbocycles. The van der Waals surface area contributed by atoms with Crippen LogP contribution < -0.4 is 4.74 Å². The quantitative estimate of drug-likeness (QED) is 0.849. The number of thiophene rings is 1. The van der Waals surface area contributed by atoms with Crippen molar-refractivity contribution in [3.63, 3.8) is 0 Å². The SMILES string of the molecule is COc1ccsc1C(=O)N1CCC[C@H]1CN1CCOCC1. The Morgan fingerprint density at radius 2 is 2.24 bits per heavy atom. The third-order valence-electron chi connectivity index (χ3n) is 4.25. The minimum Gasteiger partial charge on any atom is -0.495 e. The first-order valence-corrected chi connectivity index (χ1v) is 8.40. The normalized spacial score (nSPS) is 23.5. The Morgan fingerprint density at radius 3 is 3.00 bits per heavy atom. The summed E-state index contributed by atoms with van der Waals surface area (Å²) in [5.41, 5.74) is 0. The molecular weight excluding hydrogens is 288 g/mol. The zero-order valence-electron chi connectivity index (χ0n) is 12.4. The van der Waals surface area contributed by atoms with Crippen molar-refractivity contribution in [3.05, 3.63) is 16.3 Å². The molecule has 3 rings (SSSR count). The lowest BCUT2D eigenvalue weighted by Crippen LogP contribution is -2.46. The summed E-state index contributed by atoms with van der Waals surface area (Å²) in [6, 6.07) is 2.19. The van der Waals surface area contributed by atoms with E-state index in [1.807, 2.05) is 16.3 Å².